The quantitative estimate of drug-likeness (QED) is 0.0307. The molecule has 0 bridgehead atoms. The van der Waals surface area contributed by atoms with Crippen molar-refractivity contribution in [2.75, 3.05) is 37.3 Å². The summed E-state index contributed by atoms with van der Waals surface area (Å²) in [5.41, 5.74) is 2.80. The van der Waals surface area contributed by atoms with Crippen molar-refractivity contribution in [1.82, 2.24) is 14.9 Å². The lowest BCUT2D eigenvalue weighted by molar-refractivity contribution is -0.605. The molecule has 1 aliphatic heterocycles. The van der Waals surface area contributed by atoms with Crippen LogP contribution in [0.5, 0.6) is 11.5 Å². The second kappa shape index (κ2) is 21.6. The lowest BCUT2D eigenvalue weighted by Gasteiger charge is -2.26. The maximum atomic E-state index is 14.2. The molecule has 2 amide bonds. The highest BCUT2D eigenvalue weighted by Gasteiger charge is 2.42. The predicted molar refractivity (Wildman–Crippen MR) is 241 cm³/mol. The summed E-state index contributed by atoms with van der Waals surface area (Å²) < 4.78 is 73.0. The fourth-order valence-corrected chi connectivity index (χ4v) is 10.5. The summed E-state index contributed by atoms with van der Waals surface area (Å²) in [6.45, 7) is -2.33. The molecule has 1 aliphatic carbocycles. The molecule has 1 saturated carbocycles. The molecule has 3 N–H and O–H groups in total. The normalized spacial score (nSPS) is 15.6. The summed E-state index contributed by atoms with van der Waals surface area (Å²) in [5.74, 6) is -1.67. The number of benzene rings is 4. The number of carbonyl (C=O) groups is 3. The molecule has 1 unspecified atom stereocenters. The van der Waals surface area contributed by atoms with Gasteiger partial charge in [0.05, 0.1) is 11.5 Å². The van der Waals surface area contributed by atoms with Gasteiger partial charge in [0.15, 0.2) is 29.3 Å². The van der Waals surface area contributed by atoms with Gasteiger partial charge in [-0.15, -0.1) is 11.8 Å². The van der Waals surface area contributed by atoms with Gasteiger partial charge < -0.3 is 35.4 Å². The highest BCUT2D eigenvalue weighted by Crippen LogP contribution is 2.39. The fraction of sp³-hybridized carbons (Fsp3) is 0.289. The molecule has 2 heterocycles. The summed E-state index contributed by atoms with van der Waals surface area (Å²) in [6, 6.07) is 26.2. The number of hydrogen-bond acceptors (Lipinski definition) is 11. The van der Waals surface area contributed by atoms with Crippen LogP contribution in [0.2, 0.25) is 10.0 Å². The number of rotatable bonds is 20. The summed E-state index contributed by atoms with van der Waals surface area (Å²) in [5, 5.41) is 19.3. The molecule has 342 valence electrons. The third-order valence-electron chi connectivity index (χ3n) is 10.3. The first-order valence-electron chi connectivity index (χ1n) is 20.4. The van der Waals surface area contributed by atoms with Crippen molar-refractivity contribution in [2.24, 2.45) is 5.92 Å². The first-order chi connectivity index (χ1) is 31.2. The number of nitrogens with zero attached hydrogens (tertiary/aromatic N) is 2. The van der Waals surface area contributed by atoms with E-state index < -0.39 is 40.0 Å². The van der Waals surface area contributed by atoms with Crippen LogP contribution < -0.4 is 30.2 Å². The monoisotopic (exact) mass is 969 g/mol. The Balaban J connectivity index is 1.01. The van der Waals surface area contributed by atoms with Crippen molar-refractivity contribution in [3.63, 3.8) is 0 Å². The zero-order chi connectivity index (χ0) is 46.1. The van der Waals surface area contributed by atoms with Gasteiger partial charge in [0.1, 0.15) is 16.1 Å². The van der Waals surface area contributed by atoms with Gasteiger partial charge in [-0.1, -0.05) is 65.7 Å². The zero-order valence-electron chi connectivity index (χ0n) is 34.5. The highest BCUT2D eigenvalue weighted by atomic mass is 35.5. The molecule has 65 heavy (non-hydrogen) atoms. The Bertz CT molecular complexity index is 2610. The summed E-state index contributed by atoms with van der Waals surface area (Å²) >= 11 is 13.8. The van der Waals surface area contributed by atoms with E-state index >= 15 is 0 Å². The van der Waals surface area contributed by atoms with Crippen molar-refractivity contribution in [1.29, 1.82) is 0 Å². The van der Waals surface area contributed by atoms with E-state index in [9.17, 15) is 36.8 Å². The van der Waals surface area contributed by atoms with Crippen LogP contribution in [-0.4, -0.2) is 74.5 Å². The minimum Gasteiger partial charge on any atom is -0.619 e. The van der Waals surface area contributed by atoms with E-state index in [-0.39, 0.29) is 93.4 Å². The Morgan fingerprint density at radius 1 is 0.862 bits per heavy atom. The molecule has 7 rings (SSSR count). The van der Waals surface area contributed by atoms with Crippen LogP contribution >= 0.6 is 35.0 Å². The van der Waals surface area contributed by atoms with Gasteiger partial charge in [0.2, 0.25) is 10.0 Å². The van der Waals surface area contributed by atoms with Crippen molar-refractivity contribution in [3.05, 3.63) is 153 Å². The van der Waals surface area contributed by atoms with Gasteiger partial charge >= 0.3 is 12.6 Å². The van der Waals surface area contributed by atoms with Crippen LogP contribution in [0.15, 0.2) is 114 Å². The van der Waals surface area contributed by atoms with Crippen LogP contribution in [0.4, 0.5) is 14.5 Å². The summed E-state index contributed by atoms with van der Waals surface area (Å²) in [7, 11) is -4.41. The van der Waals surface area contributed by atoms with Gasteiger partial charge in [-0.05, 0) is 84.5 Å². The van der Waals surface area contributed by atoms with E-state index in [1.807, 2.05) is 36.4 Å². The smallest absolute Gasteiger partial charge is 0.387 e. The minimum atomic E-state index is -4.41. The number of hydrogen-bond donors (Lipinski definition) is 3. The number of pyridine rings is 1. The predicted octanol–water partition coefficient (Wildman–Crippen LogP) is 7.38. The third kappa shape index (κ3) is 12.6. The molecule has 1 aromatic heterocycles. The van der Waals surface area contributed by atoms with Crippen LogP contribution in [0.3, 0.4) is 0 Å². The molecule has 14 nitrogen and oxygen atoms in total. The van der Waals surface area contributed by atoms with Crippen molar-refractivity contribution in [2.45, 2.75) is 48.8 Å². The Labute approximate surface area is 388 Å². The summed E-state index contributed by atoms with van der Waals surface area (Å²) in [6.07, 6.45) is 2.51. The van der Waals surface area contributed by atoms with Gasteiger partial charge in [-0.2, -0.15) is 17.8 Å². The maximum absolute atomic E-state index is 14.2. The first kappa shape index (κ1) is 47.3. The molecule has 0 radical (unpaired) electrons. The number of carbonyl (C=O) groups excluding carboxylic acids is 3. The average Bonchev–Trinajstić information content (AvgIpc) is 3.99. The Kier molecular flexibility index (Phi) is 15.7. The van der Waals surface area contributed by atoms with E-state index in [4.69, 9.17) is 32.7 Å². The van der Waals surface area contributed by atoms with Crippen LogP contribution in [-0.2, 0) is 32.5 Å². The van der Waals surface area contributed by atoms with Gasteiger partial charge in [-0.3, -0.25) is 9.59 Å². The van der Waals surface area contributed by atoms with Crippen LogP contribution in [0, 0.1) is 11.1 Å². The first-order valence-corrected chi connectivity index (χ1v) is 23.7. The second-order valence-electron chi connectivity index (χ2n) is 15.1. The number of halogens is 4. The number of para-hydroxylation sites is 1. The van der Waals surface area contributed by atoms with E-state index in [2.05, 4.69) is 20.7 Å². The summed E-state index contributed by atoms with van der Waals surface area (Å²) in [4.78, 5) is 39.9. The van der Waals surface area contributed by atoms with E-state index in [0.29, 0.717) is 16.8 Å². The molecule has 1 saturated heterocycles. The Hall–Kier alpha value is -5.66. The van der Waals surface area contributed by atoms with Gasteiger partial charge in [0.25, 0.3) is 11.8 Å². The fourth-order valence-electron chi connectivity index (χ4n) is 6.82. The number of thioether (sulfide) groups is 1. The van der Waals surface area contributed by atoms with E-state index in [1.54, 1.807) is 18.2 Å². The largest absolute Gasteiger partial charge is 0.619 e. The molecule has 20 heteroatoms. The third-order valence-corrected chi connectivity index (χ3v) is 14.2. The lowest BCUT2D eigenvalue weighted by atomic mass is 10.0. The van der Waals surface area contributed by atoms with Crippen molar-refractivity contribution < 1.29 is 50.5 Å². The molecule has 2 fully saturated rings. The molecular weight excluding hydrogens is 928 g/mol. The molecule has 2 atom stereocenters. The number of aromatic nitrogens is 1. The molecule has 2 aliphatic rings. The van der Waals surface area contributed by atoms with E-state index in [0.717, 1.165) is 52.6 Å². The second-order valence-corrected chi connectivity index (χ2v) is 19.0. The van der Waals surface area contributed by atoms with Crippen molar-refractivity contribution >= 4 is 68.5 Å². The number of sulfonamides is 1. The van der Waals surface area contributed by atoms with Crippen LogP contribution in [0.25, 0.3) is 0 Å². The lowest BCUT2D eigenvalue weighted by Crippen LogP contribution is -2.41. The maximum Gasteiger partial charge on any atom is 0.387 e. The molecule has 0 spiro atoms. The van der Waals surface area contributed by atoms with Gasteiger partial charge in [-0.25, -0.2) is 13.2 Å². The number of esters is 1. The van der Waals surface area contributed by atoms with E-state index in [1.165, 1.54) is 42.5 Å². The SMILES string of the molecule is O=C(NCCNC(=O)c1cccc(S(=O)(=O)N2CCS[C@H]2C(=O)OC(Cc2c(Cl)c[n+]([O-])cc2Cl)c2ccc(OC(F)F)c(OCC3CC3)c2)c1)c1cccc(CNc2ccccc2)c1. The highest BCUT2D eigenvalue weighted by molar-refractivity contribution is 8.02. The number of anilines is 1. The minimum absolute atomic E-state index is 0.0251. The number of amides is 2. The molecule has 4 aromatic carbocycles. The Morgan fingerprint density at radius 3 is 2.22 bits per heavy atom. The molecule has 5 aromatic rings. The number of ether oxygens (including phenoxy) is 3. The Morgan fingerprint density at radius 2 is 1.54 bits per heavy atom. The molecular formula is C45H43Cl2F2N5O9S2. The zero-order valence-corrected chi connectivity index (χ0v) is 37.6. The standard InChI is InChI=1S/C45H43Cl2F2N5O9S2/c46-36-25-53(58)26-37(47)35(36)23-39(30-14-15-38(63-45(48)49)40(22-30)61-27-28-12-13-28)62-44(57)43-54(18-19-64-43)65(59,60)34-11-5-8-32(21-34)42(56)51-17-16-50-41(55)31-7-4-6-29(20-31)24-52-33-9-2-1-3-10-33/h1-11,14-15,20-22,25-26,28,39,43,45,52H,12-13,16-19,23-24,27H2,(H,50,55)(H,51,56)/t39?,43-/m0/s1. The van der Waals surface area contributed by atoms with Crippen LogP contribution in [0.1, 0.15) is 56.4 Å². The average molecular weight is 971 g/mol. The number of alkyl halides is 2. The number of nitrogens with one attached hydrogen (secondary N) is 3. The topological polar surface area (TPSA) is 179 Å². The van der Waals surface area contributed by atoms with Gasteiger partial charge in [0, 0.05) is 60.7 Å². The van der Waals surface area contributed by atoms with Crippen molar-refractivity contribution in [3.8, 4) is 11.5 Å².